The van der Waals surface area contributed by atoms with Crippen molar-refractivity contribution >= 4 is 22.1 Å². The molecule has 0 N–H and O–H groups in total. The lowest BCUT2D eigenvalue weighted by Crippen LogP contribution is -2.06. The maximum Gasteiger partial charge on any atom is 0.236 e. The standard InChI is InChI=1S/C17H16FNO2S2/c1-11-15(19-17(21-11)16-4-3-9-22-16)10-23(20)12(2)13-5-7-14(18)8-6-13/h3-9,12H,10H2,1-2H3/t12-,23-/m1/s1. The molecule has 0 saturated heterocycles. The summed E-state index contributed by atoms with van der Waals surface area (Å²) >= 11 is 1.55. The summed E-state index contributed by atoms with van der Waals surface area (Å²) < 4.78 is 31.3. The van der Waals surface area contributed by atoms with Crippen molar-refractivity contribution in [3.63, 3.8) is 0 Å². The molecule has 6 heteroatoms. The molecule has 0 aliphatic heterocycles. The fourth-order valence-electron chi connectivity index (χ4n) is 2.21. The Morgan fingerprint density at radius 2 is 2.04 bits per heavy atom. The van der Waals surface area contributed by atoms with E-state index in [1.165, 1.54) is 12.1 Å². The van der Waals surface area contributed by atoms with E-state index in [9.17, 15) is 8.60 Å². The van der Waals surface area contributed by atoms with Crippen LogP contribution in [0.15, 0.2) is 46.2 Å². The van der Waals surface area contributed by atoms with Crippen molar-refractivity contribution in [2.24, 2.45) is 0 Å². The summed E-state index contributed by atoms with van der Waals surface area (Å²) in [6, 6.07) is 10.00. The van der Waals surface area contributed by atoms with Crippen LogP contribution in [-0.2, 0) is 16.6 Å². The molecule has 0 fully saturated rings. The van der Waals surface area contributed by atoms with Crippen molar-refractivity contribution in [1.82, 2.24) is 4.98 Å². The summed E-state index contributed by atoms with van der Waals surface area (Å²) in [7, 11) is -1.16. The number of hydrogen-bond acceptors (Lipinski definition) is 4. The highest BCUT2D eigenvalue weighted by molar-refractivity contribution is 7.84. The monoisotopic (exact) mass is 349 g/mol. The first-order chi connectivity index (χ1) is 11.0. The number of hydrogen-bond donors (Lipinski definition) is 0. The fourth-order valence-corrected chi connectivity index (χ4v) is 4.11. The van der Waals surface area contributed by atoms with Crippen molar-refractivity contribution in [3.8, 4) is 10.8 Å². The van der Waals surface area contributed by atoms with E-state index in [4.69, 9.17) is 4.42 Å². The van der Waals surface area contributed by atoms with E-state index in [1.807, 2.05) is 31.4 Å². The van der Waals surface area contributed by atoms with Crippen molar-refractivity contribution in [2.75, 3.05) is 0 Å². The quantitative estimate of drug-likeness (QED) is 0.660. The first kappa shape index (κ1) is 16.1. The first-order valence-corrected chi connectivity index (χ1v) is 9.43. The van der Waals surface area contributed by atoms with Crippen LogP contribution in [0.1, 0.15) is 29.2 Å². The van der Waals surface area contributed by atoms with Crippen LogP contribution < -0.4 is 0 Å². The Morgan fingerprint density at radius 3 is 2.70 bits per heavy atom. The lowest BCUT2D eigenvalue weighted by molar-refractivity contribution is 0.541. The van der Waals surface area contributed by atoms with Gasteiger partial charge in [-0.1, -0.05) is 18.2 Å². The number of benzene rings is 1. The number of aryl methyl sites for hydroxylation is 1. The Morgan fingerprint density at radius 1 is 1.30 bits per heavy atom. The minimum absolute atomic E-state index is 0.197. The van der Waals surface area contributed by atoms with Gasteiger partial charge in [-0.15, -0.1) is 11.3 Å². The molecule has 1 aromatic carbocycles. The normalized spacial score (nSPS) is 13.9. The van der Waals surface area contributed by atoms with Gasteiger partial charge in [0.25, 0.3) is 0 Å². The molecule has 2 aromatic heterocycles. The molecule has 0 aliphatic carbocycles. The van der Waals surface area contributed by atoms with Crippen molar-refractivity contribution in [3.05, 3.63) is 64.6 Å². The third kappa shape index (κ3) is 3.59. The highest BCUT2D eigenvalue weighted by Crippen LogP contribution is 2.28. The third-order valence-corrected chi connectivity index (χ3v) is 6.11. The van der Waals surface area contributed by atoms with E-state index in [0.29, 0.717) is 23.1 Å². The molecule has 0 aliphatic rings. The lowest BCUT2D eigenvalue weighted by atomic mass is 10.2. The number of aromatic nitrogens is 1. The van der Waals surface area contributed by atoms with E-state index in [-0.39, 0.29) is 11.1 Å². The second-order valence-corrected chi connectivity index (χ2v) is 7.92. The van der Waals surface area contributed by atoms with Gasteiger partial charge in [-0.2, -0.15) is 0 Å². The van der Waals surface area contributed by atoms with E-state index >= 15 is 0 Å². The summed E-state index contributed by atoms with van der Waals surface area (Å²) in [6.07, 6.45) is 0. The van der Waals surface area contributed by atoms with E-state index < -0.39 is 10.8 Å². The molecule has 120 valence electrons. The average molecular weight is 349 g/mol. The van der Waals surface area contributed by atoms with E-state index in [1.54, 1.807) is 23.5 Å². The second-order valence-electron chi connectivity index (χ2n) is 5.22. The Hall–Kier alpha value is -1.79. The van der Waals surface area contributed by atoms with Crippen LogP contribution in [-0.4, -0.2) is 9.19 Å². The molecule has 0 radical (unpaired) electrons. The number of thiophene rings is 1. The molecule has 3 rings (SSSR count). The Labute approximate surface area is 140 Å². The Kier molecular flexibility index (Phi) is 4.73. The van der Waals surface area contributed by atoms with Crippen LogP contribution in [0, 0.1) is 12.7 Å². The number of nitrogens with zero attached hydrogens (tertiary/aromatic N) is 1. The predicted octanol–water partition coefficient (Wildman–Crippen LogP) is 4.86. The van der Waals surface area contributed by atoms with Gasteiger partial charge in [0.1, 0.15) is 11.6 Å². The minimum atomic E-state index is -1.16. The summed E-state index contributed by atoms with van der Waals surface area (Å²) in [5.74, 6) is 1.28. The van der Waals surface area contributed by atoms with Crippen molar-refractivity contribution < 1.29 is 13.0 Å². The molecule has 2 atom stereocenters. The second kappa shape index (κ2) is 6.76. The Balaban J connectivity index is 1.76. The maximum absolute atomic E-state index is 13.0. The van der Waals surface area contributed by atoms with Crippen molar-refractivity contribution in [2.45, 2.75) is 24.9 Å². The number of halogens is 1. The molecule has 0 bridgehead atoms. The summed E-state index contributed by atoms with van der Waals surface area (Å²) in [5.41, 5.74) is 1.56. The van der Waals surface area contributed by atoms with Gasteiger partial charge >= 0.3 is 0 Å². The van der Waals surface area contributed by atoms with Gasteiger partial charge in [0.15, 0.2) is 0 Å². The zero-order valence-corrected chi connectivity index (χ0v) is 14.4. The molecule has 2 heterocycles. The molecule has 0 saturated carbocycles. The topological polar surface area (TPSA) is 43.1 Å². The molecular weight excluding hydrogens is 333 g/mol. The first-order valence-electron chi connectivity index (χ1n) is 7.17. The highest BCUT2D eigenvalue weighted by atomic mass is 32.2. The molecule has 0 unspecified atom stereocenters. The third-order valence-electron chi connectivity index (χ3n) is 3.64. The van der Waals surface area contributed by atoms with Crippen LogP contribution in [0.4, 0.5) is 4.39 Å². The Bertz CT molecular complexity index is 810. The maximum atomic E-state index is 13.0. The molecule has 0 spiro atoms. The van der Waals surface area contributed by atoms with Crippen LogP contribution in [0.2, 0.25) is 0 Å². The number of rotatable bonds is 5. The van der Waals surface area contributed by atoms with Gasteiger partial charge in [-0.05, 0) is 43.0 Å². The van der Waals surface area contributed by atoms with E-state index in [0.717, 1.165) is 10.4 Å². The van der Waals surface area contributed by atoms with Gasteiger partial charge in [0.2, 0.25) is 5.89 Å². The zero-order chi connectivity index (χ0) is 16.4. The van der Waals surface area contributed by atoms with Crippen LogP contribution in [0.5, 0.6) is 0 Å². The zero-order valence-electron chi connectivity index (χ0n) is 12.8. The molecule has 0 amide bonds. The summed E-state index contributed by atoms with van der Waals surface area (Å²) in [6.45, 7) is 3.71. The smallest absolute Gasteiger partial charge is 0.236 e. The van der Waals surface area contributed by atoms with Gasteiger partial charge in [-0.3, -0.25) is 4.21 Å². The van der Waals surface area contributed by atoms with Crippen molar-refractivity contribution in [1.29, 1.82) is 0 Å². The predicted molar refractivity (Wildman–Crippen MR) is 91.2 cm³/mol. The van der Waals surface area contributed by atoms with Gasteiger partial charge in [-0.25, -0.2) is 9.37 Å². The van der Waals surface area contributed by atoms with Crippen LogP contribution in [0.25, 0.3) is 10.8 Å². The minimum Gasteiger partial charge on any atom is -0.440 e. The summed E-state index contributed by atoms with van der Waals surface area (Å²) in [4.78, 5) is 5.43. The van der Waals surface area contributed by atoms with Gasteiger partial charge < -0.3 is 4.42 Å². The average Bonchev–Trinajstić information content (AvgIpc) is 3.18. The number of oxazole rings is 1. The lowest BCUT2D eigenvalue weighted by Gasteiger charge is -2.11. The molecule has 3 nitrogen and oxygen atoms in total. The van der Waals surface area contributed by atoms with Gasteiger partial charge in [0, 0.05) is 10.8 Å². The van der Waals surface area contributed by atoms with Gasteiger partial charge in [0.05, 0.1) is 21.6 Å². The molecule has 3 aromatic rings. The molecule has 23 heavy (non-hydrogen) atoms. The summed E-state index contributed by atoms with van der Waals surface area (Å²) in [5, 5.41) is 1.76. The largest absolute Gasteiger partial charge is 0.440 e. The van der Waals surface area contributed by atoms with Crippen LogP contribution in [0.3, 0.4) is 0 Å². The fraction of sp³-hybridized carbons (Fsp3) is 0.235. The highest BCUT2D eigenvalue weighted by Gasteiger charge is 2.19. The SMILES string of the molecule is Cc1oc(-c2cccs2)nc1C[S@@](=O)[C@H](C)c1ccc(F)cc1. The molecular formula is C17H16FNO2S2. The van der Waals surface area contributed by atoms with E-state index in [2.05, 4.69) is 4.98 Å². The van der Waals surface area contributed by atoms with Crippen LogP contribution >= 0.6 is 11.3 Å².